The average Bonchev–Trinajstić information content (AvgIpc) is 3.03. The van der Waals surface area contributed by atoms with Crippen molar-refractivity contribution in [2.45, 2.75) is 19.4 Å². The molecular weight excluding hydrogens is 242 g/mol. The lowest BCUT2D eigenvalue weighted by Crippen LogP contribution is -2.18. The molecule has 1 aromatic heterocycles. The van der Waals surface area contributed by atoms with Crippen LogP contribution in [0.4, 0.5) is 5.95 Å². The first kappa shape index (κ1) is 12.3. The molecule has 19 heavy (non-hydrogen) atoms. The maximum absolute atomic E-state index is 6.08. The number of imidazole rings is 1. The van der Waals surface area contributed by atoms with E-state index >= 15 is 0 Å². The molecule has 5 nitrogen and oxygen atoms in total. The maximum Gasteiger partial charge on any atom is 0.201 e. The molecule has 0 saturated carbocycles. The van der Waals surface area contributed by atoms with Gasteiger partial charge < -0.3 is 19.8 Å². The van der Waals surface area contributed by atoms with Crippen molar-refractivity contribution in [1.82, 2.24) is 9.55 Å². The SMILES string of the molecule is COc1ccc2nc(N)n(C(C)C3CCOC3)c2c1. The number of methoxy groups -OCH3 is 1. The van der Waals surface area contributed by atoms with Crippen molar-refractivity contribution < 1.29 is 9.47 Å². The van der Waals surface area contributed by atoms with Crippen LogP contribution in [0, 0.1) is 5.92 Å². The average molecular weight is 261 g/mol. The van der Waals surface area contributed by atoms with Crippen LogP contribution in [0.1, 0.15) is 19.4 Å². The molecule has 2 heterocycles. The van der Waals surface area contributed by atoms with Crippen LogP contribution in [0.3, 0.4) is 0 Å². The highest BCUT2D eigenvalue weighted by Gasteiger charge is 2.26. The Labute approximate surface area is 112 Å². The van der Waals surface area contributed by atoms with E-state index < -0.39 is 0 Å². The third kappa shape index (κ3) is 2.04. The second-order valence-corrected chi connectivity index (χ2v) is 5.06. The fraction of sp³-hybridized carbons (Fsp3) is 0.500. The van der Waals surface area contributed by atoms with Gasteiger partial charge in [-0.15, -0.1) is 0 Å². The highest BCUT2D eigenvalue weighted by atomic mass is 16.5. The Hall–Kier alpha value is -1.75. The number of nitrogens with zero attached hydrogens (tertiary/aromatic N) is 2. The van der Waals surface area contributed by atoms with Crippen molar-refractivity contribution in [1.29, 1.82) is 0 Å². The number of hydrogen-bond acceptors (Lipinski definition) is 4. The highest BCUT2D eigenvalue weighted by Crippen LogP contribution is 2.32. The van der Waals surface area contributed by atoms with Gasteiger partial charge in [0.05, 0.1) is 24.8 Å². The summed E-state index contributed by atoms with van der Waals surface area (Å²) in [7, 11) is 1.67. The molecule has 0 aliphatic carbocycles. The first-order valence-corrected chi connectivity index (χ1v) is 6.60. The van der Waals surface area contributed by atoms with Gasteiger partial charge in [-0.25, -0.2) is 4.98 Å². The van der Waals surface area contributed by atoms with E-state index in [1.807, 2.05) is 18.2 Å². The predicted octanol–water partition coefficient (Wildman–Crippen LogP) is 2.22. The third-order valence-corrected chi connectivity index (χ3v) is 3.98. The minimum absolute atomic E-state index is 0.277. The van der Waals surface area contributed by atoms with Crippen LogP contribution in [0.5, 0.6) is 5.75 Å². The molecule has 3 rings (SSSR count). The van der Waals surface area contributed by atoms with Gasteiger partial charge in [0.15, 0.2) is 0 Å². The van der Waals surface area contributed by atoms with E-state index in [0.29, 0.717) is 11.9 Å². The zero-order valence-corrected chi connectivity index (χ0v) is 11.3. The predicted molar refractivity (Wildman–Crippen MR) is 74.3 cm³/mol. The quantitative estimate of drug-likeness (QED) is 0.920. The Morgan fingerprint density at radius 1 is 1.53 bits per heavy atom. The molecule has 1 aliphatic heterocycles. The zero-order chi connectivity index (χ0) is 13.4. The maximum atomic E-state index is 6.08. The minimum atomic E-state index is 0.277. The van der Waals surface area contributed by atoms with Gasteiger partial charge >= 0.3 is 0 Å². The van der Waals surface area contributed by atoms with Gasteiger partial charge in [-0.2, -0.15) is 0 Å². The summed E-state index contributed by atoms with van der Waals surface area (Å²) >= 11 is 0. The number of anilines is 1. The number of ether oxygens (including phenoxy) is 2. The van der Waals surface area contributed by atoms with Crippen LogP contribution in [0.15, 0.2) is 18.2 Å². The minimum Gasteiger partial charge on any atom is -0.497 e. The summed E-state index contributed by atoms with van der Waals surface area (Å²) in [5.41, 5.74) is 8.01. The van der Waals surface area contributed by atoms with Crippen molar-refractivity contribution in [2.24, 2.45) is 5.92 Å². The summed E-state index contributed by atoms with van der Waals surface area (Å²) in [6, 6.07) is 6.12. The van der Waals surface area contributed by atoms with Gasteiger partial charge in [0.25, 0.3) is 0 Å². The van der Waals surface area contributed by atoms with E-state index in [0.717, 1.165) is 36.4 Å². The number of benzene rings is 1. The molecule has 0 radical (unpaired) electrons. The van der Waals surface area contributed by atoms with Crippen molar-refractivity contribution in [3.05, 3.63) is 18.2 Å². The van der Waals surface area contributed by atoms with E-state index in [2.05, 4.69) is 16.5 Å². The Balaban J connectivity index is 2.07. The first-order valence-electron chi connectivity index (χ1n) is 6.60. The number of nitrogens with two attached hydrogens (primary N) is 1. The van der Waals surface area contributed by atoms with Crippen LogP contribution >= 0.6 is 0 Å². The number of hydrogen-bond donors (Lipinski definition) is 1. The van der Waals surface area contributed by atoms with E-state index in [1.54, 1.807) is 7.11 Å². The first-order chi connectivity index (χ1) is 9.20. The third-order valence-electron chi connectivity index (χ3n) is 3.98. The second-order valence-electron chi connectivity index (χ2n) is 5.06. The Bertz CT molecular complexity index is 588. The normalized spacial score (nSPS) is 20.8. The molecule has 102 valence electrons. The van der Waals surface area contributed by atoms with E-state index in [9.17, 15) is 0 Å². The highest BCUT2D eigenvalue weighted by molar-refractivity contribution is 5.80. The van der Waals surface area contributed by atoms with Crippen LogP contribution in [-0.4, -0.2) is 29.9 Å². The molecule has 2 N–H and O–H groups in total. The summed E-state index contributed by atoms with van der Waals surface area (Å²) in [5.74, 6) is 1.87. The van der Waals surface area contributed by atoms with Crippen LogP contribution in [-0.2, 0) is 4.74 Å². The van der Waals surface area contributed by atoms with Gasteiger partial charge in [-0.1, -0.05) is 0 Å². The molecule has 0 spiro atoms. The molecule has 0 amide bonds. The lowest BCUT2D eigenvalue weighted by molar-refractivity contribution is 0.176. The van der Waals surface area contributed by atoms with Crippen molar-refractivity contribution in [2.75, 3.05) is 26.1 Å². The Morgan fingerprint density at radius 3 is 3.05 bits per heavy atom. The topological polar surface area (TPSA) is 62.3 Å². The molecular formula is C14H19N3O2. The van der Waals surface area contributed by atoms with Gasteiger partial charge in [-0.3, -0.25) is 0 Å². The van der Waals surface area contributed by atoms with Crippen molar-refractivity contribution >= 4 is 17.0 Å². The van der Waals surface area contributed by atoms with Gasteiger partial charge in [0.2, 0.25) is 5.95 Å². The molecule has 1 fully saturated rings. The van der Waals surface area contributed by atoms with Gasteiger partial charge in [-0.05, 0) is 25.5 Å². The number of aromatic nitrogens is 2. The standard InChI is InChI=1S/C14H19N3O2/c1-9(10-5-6-19-8-10)17-13-7-11(18-2)3-4-12(13)16-14(17)15/h3-4,7,9-10H,5-6,8H2,1-2H3,(H2,15,16). The summed E-state index contributed by atoms with van der Waals surface area (Å²) in [6.45, 7) is 3.81. The van der Waals surface area contributed by atoms with Crippen LogP contribution in [0.25, 0.3) is 11.0 Å². The van der Waals surface area contributed by atoms with E-state index in [1.165, 1.54) is 0 Å². The molecule has 5 heteroatoms. The second kappa shape index (κ2) is 4.74. The molecule has 1 aromatic carbocycles. The molecule has 2 aromatic rings. The number of rotatable bonds is 3. The molecule has 2 unspecified atom stereocenters. The number of nitrogen functional groups attached to an aromatic ring is 1. The van der Waals surface area contributed by atoms with Gasteiger partial charge in [0, 0.05) is 24.6 Å². The van der Waals surface area contributed by atoms with Crippen molar-refractivity contribution in [3.63, 3.8) is 0 Å². The van der Waals surface area contributed by atoms with Crippen molar-refractivity contribution in [3.8, 4) is 5.75 Å². The Morgan fingerprint density at radius 2 is 2.37 bits per heavy atom. The summed E-state index contributed by atoms with van der Waals surface area (Å²) < 4.78 is 12.9. The molecule has 1 saturated heterocycles. The fourth-order valence-electron chi connectivity index (χ4n) is 2.79. The molecule has 2 atom stereocenters. The van der Waals surface area contributed by atoms with Crippen LogP contribution < -0.4 is 10.5 Å². The summed E-state index contributed by atoms with van der Waals surface area (Å²) in [6.07, 6.45) is 1.07. The molecule has 0 bridgehead atoms. The lowest BCUT2D eigenvalue weighted by Gasteiger charge is -2.21. The smallest absolute Gasteiger partial charge is 0.201 e. The Kier molecular flexibility index (Phi) is 3.06. The van der Waals surface area contributed by atoms with Gasteiger partial charge in [0.1, 0.15) is 5.75 Å². The molecule has 1 aliphatic rings. The zero-order valence-electron chi connectivity index (χ0n) is 11.3. The monoisotopic (exact) mass is 261 g/mol. The lowest BCUT2D eigenvalue weighted by atomic mass is 10.0. The number of fused-ring (bicyclic) bond motifs is 1. The summed E-state index contributed by atoms with van der Waals surface area (Å²) in [4.78, 5) is 4.43. The summed E-state index contributed by atoms with van der Waals surface area (Å²) in [5, 5.41) is 0. The largest absolute Gasteiger partial charge is 0.497 e. The van der Waals surface area contributed by atoms with Crippen LogP contribution in [0.2, 0.25) is 0 Å². The van der Waals surface area contributed by atoms with E-state index in [4.69, 9.17) is 15.2 Å². The fourth-order valence-corrected chi connectivity index (χ4v) is 2.79. The van der Waals surface area contributed by atoms with E-state index in [-0.39, 0.29) is 6.04 Å².